The summed E-state index contributed by atoms with van der Waals surface area (Å²) < 4.78 is 32.1. The summed E-state index contributed by atoms with van der Waals surface area (Å²) in [5.74, 6) is 0.475. The number of morpholine rings is 1. The van der Waals surface area contributed by atoms with Crippen LogP contribution in [0.15, 0.2) is 71.8 Å². The molecule has 1 N–H and O–H groups in total. The average molecular weight is 478 g/mol. The molecule has 1 saturated heterocycles. The van der Waals surface area contributed by atoms with Crippen LogP contribution in [0.25, 0.3) is 16.8 Å². The van der Waals surface area contributed by atoms with Gasteiger partial charge in [-0.2, -0.15) is 0 Å². The fourth-order valence-electron chi connectivity index (χ4n) is 3.97. The first-order valence-electron chi connectivity index (χ1n) is 11.3. The second-order valence-electron chi connectivity index (χ2n) is 8.53. The van der Waals surface area contributed by atoms with E-state index in [2.05, 4.69) is 32.4 Å². The molecule has 1 aliphatic rings. The van der Waals surface area contributed by atoms with Crippen molar-refractivity contribution in [3.63, 3.8) is 0 Å². The molecule has 1 fully saturated rings. The zero-order valence-corrected chi connectivity index (χ0v) is 20.0. The highest BCUT2D eigenvalue weighted by Crippen LogP contribution is 2.26. The number of rotatable bonds is 6. The molecule has 1 aliphatic heterocycles. The van der Waals surface area contributed by atoms with E-state index in [0.29, 0.717) is 10.8 Å². The standard InChI is InChI=1S/C25H27N5O3S/c1-18(2)34(31,32)23-10-3-19(4-11-23)24-12-9-22-17-26-25(28-30(22)24)27-20-5-7-21(8-6-20)29-13-15-33-16-14-29/h3-12,17-18H,13-16H2,1-2H3,(H,27,28). The molecule has 9 heteroatoms. The number of nitrogens with one attached hydrogen (secondary N) is 1. The largest absolute Gasteiger partial charge is 0.378 e. The number of fused-ring (bicyclic) bond motifs is 1. The Morgan fingerprint density at radius 3 is 2.32 bits per heavy atom. The van der Waals surface area contributed by atoms with Crippen LogP contribution in [0.1, 0.15) is 13.8 Å². The zero-order chi connectivity index (χ0) is 23.7. The minimum atomic E-state index is -3.31. The Morgan fingerprint density at radius 1 is 0.941 bits per heavy atom. The van der Waals surface area contributed by atoms with Gasteiger partial charge in [-0.1, -0.05) is 12.1 Å². The van der Waals surface area contributed by atoms with Crippen LogP contribution in [0.3, 0.4) is 0 Å². The predicted octanol–water partition coefficient (Wildman–Crippen LogP) is 4.16. The first kappa shape index (κ1) is 22.4. The topological polar surface area (TPSA) is 88.8 Å². The van der Waals surface area contributed by atoms with Crippen LogP contribution in [0.5, 0.6) is 0 Å². The highest BCUT2D eigenvalue weighted by Gasteiger charge is 2.19. The molecule has 2 aromatic carbocycles. The van der Waals surface area contributed by atoms with Gasteiger partial charge < -0.3 is 15.0 Å². The molecule has 0 aliphatic carbocycles. The second-order valence-corrected chi connectivity index (χ2v) is 11.0. The molecule has 176 valence electrons. The van der Waals surface area contributed by atoms with Crippen molar-refractivity contribution in [2.45, 2.75) is 24.0 Å². The van der Waals surface area contributed by atoms with E-state index in [1.807, 2.05) is 40.9 Å². The Balaban J connectivity index is 1.38. The van der Waals surface area contributed by atoms with E-state index >= 15 is 0 Å². The van der Waals surface area contributed by atoms with Gasteiger partial charge in [-0.05, 0) is 62.4 Å². The van der Waals surface area contributed by atoms with Gasteiger partial charge in [0, 0.05) is 30.0 Å². The number of hydrogen-bond donors (Lipinski definition) is 1. The monoisotopic (exact) mass is 477 g/mol. The van der Waals surface area contributed by atoms with E-state index in [-0.39, 0.29) is 0 Å². The van der Waals surface area contributed by atoms with Gasteiger partial charge in [0.15, 0.2) is 9.84 Å². The Bertz CT molecular complexity index is 1390. The SMILES string of the molecule is CC(C)S(=O)(=O)c1ccc(-c2ccc3cnc(Nc4ccc(N5CCOCC5)cc4)nn23)cc1. The average Bonchev–Trinajstić information content (AvgIpc) is 3.28. The third-order valence-corrected chi connectivity index (χ3v) is 8.17. The van der Waals surface area contributed by atoms with Gasteiger partial charge in [-0.15, -0.1) is 5.10 Å². The van der Waals surface area contributed by atoms with Crippen molar-refractivity contribution in [2.75, 3.05) is 36.5 Å². The Labute approximate surface area is 199 Å². The molecule has 5 rings (SSSR count). The maximum Gasteiger partial charge on any atom is 0.245 e. The van der Waals surface area contributed by atoms with Crippen molar-refractivity contribution < 1.29 is 13.2 Å². The minimum Gasteiger partial charge on any atom is -0.378 e. The van der Waals surface area contributed by atoms with Gasteiger partial charge in [-0.3, -0.25) is 0 Å². The smallest absolute Gasteiger partial charge is 0.245 e. The van der Waals surface area contributed by atoms with Gasteiger partial charge in [0.1, 0.15) is 0 Å². The summed E-state index contributed by atoms with van der Waals surface area (Å²) in [6.07, 6.45) is 1.76. The van der Waals surface area contributed by atoms with E-state index in [1.165, 1.54) is 5.69 Å². The molecule has 0 saturated carbocycles. The van der Waals surface area contributed by atoms with Crippen LogP contribution < -0.4 is 10.2 Å². The summed E-state index contributed by atoms with van der Waals surface area (Å²) in [6, 6.07) is 19.0. The lowest BCUT2D eigenvalue weighted by atomic mass is 10.2. The quantitative estimate of drug-likeness (QED) is 0.446. The zero-order valence-electron chi connectivity index (χ0n) is 19.2. The molecule has 0 amide bonds. The molecule has 0 radical (unpaired) electrons. The Morgan fingerprint density at radius 2 is 1.65 bits per heavy atom. The number of sulfone groups is 1. The summed E-state index contributed by atoms with van der Waals surface area (Å²) >= 11 is 0. The van der Waals surface area contributed by atoms with E-state index < -0.39 is 15.1 Å². The number of nitrogens with zero attached hydrogens (tertiary/aromatic N) is 4. The molecule has 0 spiro atoms. The molecular weight excluding hydrogens is 450 g/mol. The van der Waals surface area contributed by atoms with Crippen molar-refractivity contribution in [3.8, 4) is 11.3 Å². The minimum absolute atomic E-state index is 0.324. The first-order valence-corrected chi connectivity index (χ1v) is 12.9. The lowest BCUT2D eigenvalue weighted by Gasteiger charge is -2.28. The van der Waals surface area contributed by atoms with Gasteiger partial charge in [0.2, 0.25) is 5.95 Å². The van der Waals surface area contributed by atoms with Crippen molar-refractivity contribution in [1.82, 2.24) is 14.6 Å². The fourth-order valence-corrected chi connectivity index (χ4v) is 5.03. The molecular formula is C25H27N5O3S. The van der Waals surface area contributed by atoms with E-state index in [0.717, 1.165) is 48.8 Å². The van der Waals surface area contributed by atoms with Crippen molar-refractivity contribution >= 4 is 32.7 Å². The van der Waals surface area contributed by atoms with Crippen LogP contribution in [-0.4, -0.2) is 54.6 Å². The number of ether oxygens (including phenoxy) is 1. The van der Waals surface area contributed by atoms with Crippen molar-refractivity contribution in [1.29, 1.82) is 0 Å². The third-order valence-electron chi connectivity index (χ3n) is 6.00. The highest BCUT2D eigenvalue weighted by atomic mass is 32.2. The number of aromatic nitrogens is 3. The lowest BCUT2D eigenvalue weighted by molar-refractivity contribution is 0.122. The molecule has 0 atom stereocenters. The van der Waals surface area contributed by atoms with Crippen LogP contribution in [0, 0.1) is 0 Å². The van der Waals surface area contributed by atoms with Crippen molar-refractivity contribution in [2.24, 2.45) is 0 Å². The van der Waals surface area contributed by atoms with E-state index in [9.17, 15) is 8.42 Å². The number of hydrogen-bond acceptors (Lipinski definition) is 7. The second kappa shape index (κ2) is 9.08. The third kappa shape index (κ3) is 4.36. The van der Waals surface area contributed by atoms with Crippen molar-refractivity contribution in [3.05, 3.63) is 66.9 Å². The van der Waals surface area contributed by atoms with Crippen LogP contribution >= 0.6 is 0 Å². The maximum atomic E-state index is 12.4. The van der Waals surface area contributed by atoms with Gasteiger partial charge in [-0.25, -0.2) is 17.9 Å². The van der Waals surface area contributed by atoms with Crippen LogP contribution in [0.2, 0.25) is 0 Å². The highest BCUT2D eigenvalue weighted by molar-refractivity contribution is 7.92. The molecule has 2 aromatic heterocycles. The molecule has 4 aromatic rings. The summed E-state index contributed by atoms with van der Waals surface area (Å²) in [6.45, 7) is 6.67. The summed E-state index contributed by atoms with van der Waals surface area (Å²) in [5, 5.41) is 7.48. The Hall–Kier alpha value is -3.43. The fraction of sp³-hybridized carbons (Fsp3) is 0.280. The summed E-state index contributed by atoms with van der Waals surface area (Å²) in [5.41, 5.74) is 4.65. The van der Waals surface area contributed by atoms with Crippen LogP contribution in [0.4, 0.5) is 17.3 Å². The molecule has 0 bridgehead atoms. The van der Waals surface area contributed by atoms with Gasteiger partial charge >= 0.3 is 0 Å². The normalized spacial score (nSPS) is 14.6. The Kier molecular flexibility index (Phi) is 5.97. The van der Waals surface area contributed by atoms with Gasteiger partial charge in [0.05, 0.1) is 40.8 Å². The van der Waals surface area contributed by atoms with Gasteiger partial charge in [0.25, 0.3) is 0 Å². The van der Waals surface area contributed by atoms with E-state index in [1.54, 1.807) is 32.2 Å². The predicted molar refractivity (Wildman–Crippen MR) is 134 cm³/mol. The van der Waals surface area contributed by atoms with E-state index in [4.69, 9.17) is 4.74 Å². The molecule has 8 nitrogen and oxygen atoms in total. The molecule has 34 heavy (non-hydrogen) atoms. The first-order chi connectivity index (χ1) is 16.4. The lowest BCUT2D eigenvalue weighted by Crippen LogP contribution is -2.36. The number of anilines is 3. The van der Waals surface area contributed by atoms with Crippen LogP contribution in [-0.2, 0) is 14.6 Å². The maximum absolute atomic E-state index is 12.4. The molecule has 0 unspecified atom stereocenters. The summed E-state index contributed by atoms with van der Waals surface area (Å²) in [4.78, 5) is 7.07. The number of benzene rings is 2. The molecule has 3 heterocycles. The summed E-state index contributed by atoms with van der Waals surface area (Å²) in [7, 11) is -3.31.